The Hall–Kier alpha value is -1.62. The molecule has 1 atom stereocenters. The number of carbonyl (C=O) groups is 2. The summed E-state index contributed by atoms with van der Waals surface area (Å²) >= 11 is 0. The summed E-state index contributed by atoms with van der Waals surface area (Å²) in [7, 11) is 0. The molecule has 0 amide bonds. The van der Waals surface area contributed by atoms with Gasteiger partial charge in [0.05, 0.1) is 5.57 Å². The fourth-order valence-corrected chi connectivity index (χ4v) is 0.693. The molecule has 0 aliphatic rings. The molecule has 0 spiro atoms. The van der Waals surface area contributed by atoms with E-state index in [0.717, 1.165) is 0 Å². The van der Waals surface area contributed by atoms with Gasteiger partial charge in [0.1, 0.15) is 6.10 Å². The minimum Gasteiger partial charge on any atom is -0.478 e. The van der Waals surface area contributed by atoms with Gasteiger partial charge in [-0.2, -0.15) is 0 Å². The number of allylic oxidation sites excluding steroid dienone is 1. The van der Waals surface area contributed by atoms with E-state index in [9.17, 15) is 9.59 Å². The molecule has 72 valence electrons. The number of hydrogen-bond acceptors (Lipinski definition) is 3. The summed E-state index contributed by atoms with van der Waals surface area (Å²) in [5.74, 6) is -2.85. The quantitative estimate of drug-likeness (QED) is 0.425. The second-order valence-corrected chi connectivity index (χ2v) is 2.21. The monoisotopic (exact) mass is 186 g/mol. The van der Waals surface area contributed by atoms with Crippen LogP contribution in [0.4, 0.5) is 0 Å². The van der Waals surface area contributed by atoms with Gasteiger partial charge in [-0.25, -0.2) is 9.59 Å². The molecule has 0 aromatic heterocycles. The van der Waals surface area contributed by atoms with Crippen molar-refractivity contribution >= 4 is 11.9 Å². The molecular weight excluding hydrogens is 176 g/mol. The second-order valence-electron chi connectivity index (χ2n) is 2.21. The molecule has 0 radical (unpaired) electrons. The third kappa shape index (κ3) is 4.07. The van der Waals surface area contributed by atoms with Crippen LogP contribution in [0.5, 0.6) is 0 Å². The van der Waals surface area contributed by atoms with Gasteiger partial charge in [-0.15, -0.1) is 0 Å². The van der Waals surface area contributed by atoms with Crippen LogP contribution in [0.1, 0.15) is 6.92 Å². The van der Waals surface area contributed by atoms with Gasteiger partial charge in [0.25, 0.3) is 0 Å². The summed E-state index contributed by atoms with van der Waals surface area (Å²) in [5, 5.41) is 25.9. The fraction of sp³-hybridized carbons (Fsp3) is 0.250. The number of carboxylic acid groups (broad SMARTS) is 2. The molecule has 0 heterocycles. The highest BCUT2D eigenvalue weighted by molar-refractivity contribution is 5.95. The molecule has 0 rings (SSSR count). The van der Waals surface area contributed by atoms with E-state index in [1.165, 1.54) is 12.2 Å². The molecule has 3 N–H and O–H groups in total. The first-order chi connectivity index (χ1) is 5.99. The highest BCUT2D eigenvalue weighted by Gasteiger charge is 2.16. The Balaban J connectivity index is 4.81. The van der Waals surface area contributed by atoms with E-state index in [1.54, 1.807) is 6.92 Å². The zero-order chi connectivity index (χ0) is 10.4. The standard InChI is InChI=1S/C8H10O5/c1-2-3-6(9)5(8(12)13)4-7(10)11/h2-4,6,9H,1H3,(H,10,11)(H,12,13)/b3-2?,5-4-. The number of aliphatic hydroxyl groups excluding tert-OH is 1. The van der Waals surface area contributed by atoms with Crippen LogP contribution in [0.3, 0.4) is 0 Å². The molecular formula is C8H10O5. The van der Waals surface area contributed by atoms with Gasteiger partial charge in [-0.3, -0.25) is 0 Å². The number of rotatable bonds is 4. The molecule has 0 aromatic rings. The van der Waals surface area contributed by atoms with Crippen molar-refractivity contribution in [3.05, 3.63) is 23.8 Å². The van der Waals surface area contributed by atoms with Crippen LogP contribution in [0.15, 0.2) is 23.8 Å². The molecule has 1 unspecified atom stereocenters. The largest absolute Gasteiger partial charge is 0.478 e. The molecule has 0 bridgehead atoms. The highest BCUT2D eigenvalue weighted by atomic mass is 16.4. The van der Waals surface area contributed by atoms with Crippen LogP contribution < -0.4 is 0 Å². The van der Waals surface area contributed by atoms with Crippen LogP contribution in [0.25, 0.3) is 0 Å². The summed E-state index contributed by atoms with van der Waals surface area (Å²) in [6.45, 7) is 1.59. The molecule has 0 aromatic carbocycles. The lowest BCUT2D eigenvalue weighted by atomic mass is 10.1. The maximum atomic E-state index is 10.4. The molecule has 0 aliphatic carbocycles. The van der Waals surface area contributed by atoms with Crippen molar-refractivity contribution in [2.75, 3.05) is 0 Å². The zero-order valence-corrected chi connectivity index (χ0v) is 6.97. The SMILES string of the molecule is CC=CC(O)/C(=C/C(=O)O)C(=O)O. The number of carboxylic acids is 2. The third-order valence-electron chi connectivity index (χ3n) is 1.22. The van der Waals surface area contributed by atoms with Crippen LogP contribution in [-0.4, -0.2) is 33.4 Å². The average Bonchev–Trinajstić information content (AvgIpc) is 1.99. The maximum absolute atomic E-state index is 10.4. The maximum Gasteiger partial charge on any atom is 0.334 e. The van der Waals surface area contributed by atoms with Gasteiger partial charge in [0, 0.05) is 6.08 Å². The minimum absolute atomic E-state index is 0.465. The first-order valence-electron chi connectivity index (χ1n) is 3.47. The van der Waals surface area contributed by atoms with E-state index in [0.29, 0.717) is 6.08 Å². The zero-order valence-electron chi connectivity index (χ0n) is 6.97. The lowest BCUT2D eigenvalue weighted by Gasteiger charge is -2.04. The van der Waals surface area contributed by atoms with E-state index in [4.69, 9.17) is 15.3 Å². The van der Waals surface area contributed by atoms with E-state index in [-0.39, 0.29) is 0 Å². The summed E-state index contributed by atoms with van der Waals surface area (Å²) in [5.41, 5.74) is -0.564. The molecule has 0 aliphatic heterocycles. The lowest BCUT2D eigenvalue weighted by Crippen LogP contribution is -2.16. The smallest absolute Gasteiger partial charge is 0.334 e. The molecule has 0 saturated carbocycles. The van der Waals surface area contributed by atoms with Gasteiger partial charge in [-0.1, -0.05) is 12.2 Å². The number of aliphatic hydroxyl groups is 1. The summed E-state index contributed by atoms with van der Waals surface area (Å²) in [6.07, 6.45) is 1.69. The van der Waals surface area contributed by atoms with Crippen molar-refractivity contribution in [2.24, 2.45) is 0 Å². The van der Waals surface area contributed by atoms with Crippen LogP contribution in [0, 0.1) is 0 Å². The second kappa shape index (κ2) is 5.10. The summed E-state index contributed by atoms with van der Waals surface area (Å²) in [6, 6.07) is 0. The molecule has 0 fully saturated rings. The van der Waals surface area contributed by atoms with Crippen LogP contribution >= 0.6 is 0 Å². The van der Waals surface area contributed by atoms with E-state index in [1.807, 2.05) is 0 Å². The van der Waals surface area contributed by atoms with E-state index < -0.39 is 23.6 Å². The number of aliphatic carboxylic acids is 2. The van der Waals surface area contributed by atoms with Crippen LogP contribution in [-0.2, 0) is 9.59 Å². The Bertz CT molecular complexity index is 264. The van der Waals surface area contributed by atoms with Crippen molar-refractivity contribution in [3.63, 3.8) is 0 Å². The highest BCUT2D eigenvalue weighted by Crippen LogP contribution is 2.04. The van der Waals surface area contributed by atoms with Gasteiger partial charge in [-0.05, 0) is 6.92 Å². The molecule has 5 heteroatoms. The van der Waals surface area contributed by atoms with Gasteiger partial charge in [0.2, 0.25) is 0 Å². The van der Waals surface area contributed by atoms with E-state index >= 15 is 0 Å². The van der Waals surface area contributed by atoms with Crippen molar-refractivity contribution in [3.8, 4) is 0 Å². The first kappa shape index (κ1) is 11.4. The van der Waals surface area contributed by atoms with Crippen molar-refractivity contribution in [1.82, 2.24) is 0 Å². The number of hydrogen-bond donors (Lipinski definition) is 3. The molecule has 13 heavy (non-hydrogen) atoms. The Morgan fingerprint density at radius 2 is 1.85 bits per heavy atom. The minimum atomic E-state index is -1.45. The Morgan fingerprint density at radius 3 is 2.15 bits per heavy atom. The van der Waals surface area contributed by atoms with Crippen molar-refractivity contribution in [1.29, 1.82) is 0 Å². The van der Waals surface area contributed by atoms with Gasteiger partial charge < -0.3 is 15.3 Å². The molecule has 0 saturated heterocycles. The molecule has 5 nitrogen and oxygen atoms in total. The van der Waals surface area contributed by atoms with Gasteiger partial charge >= 0.3 is 11.9 Å². The topological polar surface area (TPSA) is 94.8 Å². The Kier molecular flexibility index (Phi) is 4.47. The predicted molar refractivity (Wildman–Crippen MR) is 44.2 cm³/mol. The summed E-state index contributed by atoms with van der Waals surface area (Å²) in [4.78, 5) is 20.6. The Labute approximate surface area is 74.6 Å². The predicted octanol–water partition coefficient (Wildman–Crippen LogP) is 0.0190. The van der Waals surface area contributed by atoms with E-state index in [2.05, 4.69) is 0 Å². The van der Waals surface area contributed by atoms with Crippen LogP contribution in [0.2, 0.25) is 0 Å². The normalized spacial score (nSPS) is 14.5. The summed E-state index contributed by atoms with van der Waals surface area (Å²) < 4.78 is 0. The van der Waals surface area contributed by atoms with Crippen molar-refractivity contribution in [2.45, 2.75) is 13.0 Å². The van der Waals surface area contributed by atoms with Crippen molar-refractivity contribution < 1.29 is 24.9 Å². The van der Waals surface area contributed by atoms with Gasteiger partial charge in [0.15, 0.2) is 0 Å². The lowest BCUT2D eigenvalue weighted by molar-refractivity contribution is -0.135. The third-order valence-corrected chi connectivity index (χ3v) is 1.22. The Morgan fingerprint density at radius 1 is 1.31 bits per heavy atom. The average molecular weight is 186 g/mol. The fourth-order valence-electron chi connectivity index (χ4n) is 0.693. The first-order valence-corrected chi connectivity index (χ1v) is 3.47.